The highest BCUT2D eigenvalue weighted by molar-refractivity contribution is 5.75. The number of carbonyl (C=O) groups is 1. The van der Waals surface area contributed by atoms with Gasteiger partial charge >= 0.3 is 0 Å². The van der Waals surface area contributed by atoms with Crippen LogP contribution in [-0.2, 0) is 11.2 Å². The number of nitrogens with zero attached hydrogens (tertiary/aromatic N) is 2. The minimum absolute atomic E-state index is 0.0552. The zero-order valence-electron chi connectivity index (χ0n) is 11.1. The van der Waals surface area contributed by atoms with Crippen LogP contribution < -0.4 is 11.1 Å². The average molecular weight is 254 g/mol. The standard InChI is InChI=1S/C12H22N4O2/c1-12(2,6-7-13)5-3-10(17)14-8-4-11-15-9-16-18-11/h9H,3-8,13H2,1-2H3,(H,14,17). The lowest BCUT2D eigenvalue weighted by molar-refractivity contribution is -0.121. The van der Waals surface area contributed by atoms with Gasteiger partial charge in [0.1, 0.15) is 0 Å². The molecule has 0 aliphatic heterocycles. The number of nitrogens with one attached hydrogen (secondary N) is 1. The Labute approximate surface area is 107 Å². The summed E-state index contributed by atoms with van der Waals surface area (Å²) in [5, 5.41) is 6.34. The van der Waals surface area contributed by atoms with Gasteiger partial charge in [-0.1, -0.05) is 19.0 Å². The van der Waals surface area contributed by atoms with E-state index in [-0.39, 0.29) is 11.3 Å². The Kier molecular flexibility index (Phi) is 5.77. The molecule has 0 unspecified atom stereocenters. The number of aromatic nitrogens is 2. The molecule has 0 spiro atoms. The first-order valence-corrected chi connectivity index (χ1v) is 6.26. The molecule has 0 radical (unpaired) electrons. The van der Waals surface area contributed by atoms with Crippen molar-refractivity contribution in [1.82, 2.24) is 15.5 Å². The maximum absolute atomic E-state index is 11.6. The molecular formula is C12H22N4O2. The van der Waals surface area contributed by atoms with Crippen LogP contribution in [0, 0.1) is 5.41 Å². The molecule has 0 bridgehead atoms. The number of amides is 1. The van der Waals surface area contributed by atoms with Gasteiger partial charge in [-0.2, -0.15) is 4.98 Å². The van der Waals surface area contributed by atoms with E-state index < -0.39 is 0 Å². The third-order valence-electron chi connectivity index (χ3n) is 2.92. The molecule has 1 aromatic heterocycles. The first kappa shape index (κ1) is 14.6. The van der Waals surface area contributed by atoms with Crippen molar-refractivity contribution in [2.24, 2.45) is 11.1 Å². The quantitative estimate of drug-likeness (QED) is 0.718. The van der Waals surface area contributed by atoms with Crippen LogP contribution in [0.1, 0.15) is 39.0 Å². The van der Waals surface area contributed by atoms with Crippen molar-refractivity contribution >= 4 is 5.91 Å². The predicted octanol–water partition coefficient (Wildman–Crippen LogP) is 0.884. The summed E-state index contributed by atoms with van der Waals surface area (Å²) in [6.07, 6.45) is 4.22. The molecule has 18 heavy (non-hydrogen) atoms. The van der Waals surface area contributed by atoms with Crippen LogP contribution in [-0.4, -0.2) is 29.1 Å². The van der Waals surface area contributed by atoms with Crippen LogP contribution in [0.5, 0.6) is 0 Å². The number of hydrogen-bond acceptors (Lipinski definition) is 5. The van der Waals surface area contributed by atoms with E-state index in [9.17, 15) is 4.79 Å². The van der Waals surface area contributed by atoms with Gasteiger partial charge in [0.25, 0.3) is 0 Å². The summed E-state index contributed by atoms with van der Waals surface area (Å²) in [6, 6.07) is 0. The molecule has 6 heteroatoms. The van der Waals surface area contributed by atoms with E-state index in [1.54, 1.807) is 0 Å². The second kappa shape index (κ2) is 7.10. The molecule has 3 N–H and O–H groups in total. The predicted molar refractivity (Wildman–Crippen MR) is 67.7 cm³/mol. The molecule has 1 heterocycles. The van der Waals surface area contributed by atoms with Gasteiger partial charge in [-0.15, -0.1) is 0 Å². The van der Waals surface area contributed by atoms with Crippen LogP contribution in [0.4, 0.5) is 0 Å². The molecule has 6 nitrogen and oxygen atoms in total. The molecular weight excluding hydrogens is 232 g/mol. The second-order valence-electron chi connectivity index (χ2n) is 5.14. The third-order valence-corrected chi connectivity index (χ3v) is 2.92. The Bertz CT molecular complexity index is 349. The smallest absolute Gasteiger partial charge is 0.228 e. The maximum atomic E-state index is 11.6. The molecule has 0 saturated carbocycles. The molecule has 0 aliphatic carbocycles. The van der Waals surface area contributed by atoms with Crippen molar-refractivity contribution in [2.45, 2.75) is 39.5 Å². The first-order chi connectivity index (χ1) is 8.53. The summed E-state index contributed by atoms with van der Waals surface area (Å²) in [7, 11) is 0. The zero-order chi connectivity index (χ0) is 13.4. The van der Waals surface area contributed by atoms with Crippen molar-refractivity contribution in [2.75, 3.05) is 13.1 Å². The number of hydrogen-bond donors (Lipinski definition) is 2. The van der Waals surface area contributed by atoms with Gasteiger partial charge in [0.05, 0.1) is 0 Å². The van der Waals surface area contributed by atoms with Crippen LogP contribution in [0.3, 0.4) is 0 Å². The van der Waals surface area contributed by atoms with Crippen LogP contribution in [0.15, 0.2) is 10.9 Å². The lowest BCUT2D eigenvalue weighted by Crippen LogP contribution is -2.27. The van der Waals surface area contributed by atoms with E-state index in [4.69, 9.17) is 10.3 Å². The Balaban J connectivity index is 2.14. The van der Waals surface area contributed by atoms with Crippen LogP contribution in [0.25, 0.3) is 0 Å². The minimum atomic E-state index is 0.0552. The highest BCUT2D eigenvalue weighted by Crippen LogP contribution is 2.25. The minimum Gasteiger partial charge on any atom is -0.356 e. The molecule has 0 aromatic carbocycles. The van der Waals surface area contributed by atoms with E-state index in [2.05, 4.69) is 29.3 Å². The molecule has 0 fully saturated rings. The summed E-state index contributed by atoms with van der Waals surface area (Å²) in [6.45, 7) is 5.45. The highest BCUT2D eigenvalue weighted by Gasteiger charge is 2.18. The average Bonchev–Trinajstić information content (AvgIpc) is 2.79. The number of rotatable bonds is 8. The molecule has 0 aliphatic rings. The lowest BCUT2D eigenvalue weighted by atomic mass is 9.84. The van der Waals surface area contributed by atoms with E-state index >= 15 is 0 Å². The molecule has 1 rings (SSSR count). The number of nitrogens with two attached hydrogens (primary N) is 1. The summed E-state index contributed by atoms with van der Waals surface area (Å²) in [5.74, 6) is 0.596. The summed E-state index contributed by atoms with van der Waals surface area (Å²) in [4.78, 5) is 15.5. The monoisotopic (exact) mass is 254 g/mol. The Morgan fingerprint density at radius 2 is 2.28 bits per heavy atom. The van der Waals surface area contributed by atoms with Gasteiger partial charge < -0.3 is 15.6 Å². The van der Waals surface area contributed by atoms with Crippen molar-refractivity contribution < 1.29 is 9.32 Å². The van der Waals surface area contributed by atoms with Gasteiger partial charge in [0.15, 0.2) is 6.33 Å². The van der Waals surface area contributed by atoms with Gasteiger partial charge in [-0.25, -0.2) is 0 Å². The summed E-state index contributed by atoms with van der Waals surface area (Å²) < 4.78 is 4.84. The molecule has 0 atom stereocenters. The van der Waals surface area contributed by atoms with E-state index in [1.165, 1.54) is 6.33 Å². The SMILES string of the molecule is CC(C)(CCN)CCC(=O)NCCc1ncno1. The van der Waals surface area contributed by atoms with Crippen molar-refractivity contribution in [3.63, 3.8) is 0 Å². The topological polar surface area (TPSA) is 94.0 Å². The van der Waals surface area contributed by atoms with E-state index in [0.717, 1.165) is 12.8 Å². The van der Waals surface area contributed by atoms with Crippen LogP contribution in [0.2, 0.25) is 0 Å². The Hall–Kier alpha value is -1.43. The van der Waals surface area contributed by atoms with Gasteiger partial charge in [-0.05, 0) is 24.8 Å². The summed E-state index contributed by atoms with van der Waals surface area (Å²) >= 11 is 0. The number of carbonyl (C=O) groups excluding carboxylic acids is 1. The van der Waals surface area contributed by atoms with Gasteiger partial charge in [0.2, 0.25) is 11.8 Å². The van der Waals surface area contributed by atoms with Gasteiger partial charge in [-0.3, -0.25) is 4.79 Å². The van der Waals surface area contributed by atoms with Crippen molar-refractivity contribution in [3.05, 3.63) is 12.2 Å². The third kappa shape index (κ3) is 5.77. The molecule has 0 saturated heterocycles. The van der Waals surface area contributed by atoms with Gasteiger partial charge in [0, 0.05) is 19.4 Å². The Morgan fingerprint density at radius 1 is 1.50 bits per heavy atom. The highest BCUT2D eigenvalue weighted by atomic mass is 16.5. The fourth-order valence-corrected chi connectivity index (χ4v) is 1.67. The zero-order valence-corrected chi connectivity index (χ0v) is 11.1. The normalized spacial score (nSPS) is 11.5. The van der Waals surface area contributed by atoms with Crippen molar-refractivity contribution in [1.29, 1.82) is 0 Å². The fourth-order valence-electron chi connectivity index (χ4n) is 1.67. The summed E-state index contributed by atoms with van der Waals surface area (Å²) in [5.41, 5.74) is 5.66. The maximum Gasteiger partial charge on any atom is 0.228 e. The fraction of sp³-hybridized carbons (Fsp3) is 0.750. The van der Waals surface area contributed by atoms with Crippen LogP contribution >= 0.6 is 0 Å². The molecule has 1 aromatic rings. The van der Waals surface area contributed by atoms with Crippen molar-refractivity contribution in [3.8, 4) is 0 Å². The molecule has 102 valence electrons. The first-order valence-electron chi connectivity index (χ1n) is 6.26. The Morgan fingerprint density at radius 3 is 2.89 bits per heavy atom. The molecule has 1 amide bonds. The largest absolute Gasteiger partial charge is 0.356 e. The second-order valence-corrected chi connectivity index (χ2v) is 5.14. The lowest BCUT2D eigenvalue weighted by Gasteiger charge is -2.23. The van der Waals surface area contributed by atoms with E-state index in [1.807, 2.05) is 0 Å². The van der Waals surface area contributed by atoms with E-state index in [0.29, 0.717) is 31.8 Å².